The fraction of sp³-hybridized carbons (Fsp3) is 0.0526. The molecule has 0 aliphatic heterocycles. The van der Waals surface area contributed by atoms with Gasteiger partial charge in [0, 0.05) is 0 Å². The summed E-state index contributed by atoms with van der Waals surface area (Å²) in [5.41, 5.74) is 1.05. The molecule has 5 heteroatoms. The Kier molecular flexibility index (Phi) is 3.75. The minimum Gasteiger partial charge on any atom is -0.268 e. The summed E-state index contributed by atoms with van der Waals surface area (Å²) in [5, 5.41) is 3.05. The van der Waals surface area contributed by atoms with Crippen LogP contribution in [0.4, 0.5) is 0 Å². The zero-order chi connectivity index (χ0) is 16.7. The highest BCUT2D eigenvalue weighted by atomic mass is 35.5. The Morgan fingerprint density at radius 2 is 1.62 bits per heavy atom. The van der Waals surface area contributed by atoms with Gasteiger partial charge in [0.25, 0.3) is 5.56 Å². The minimum atomic E-state index is -0.172. The second-order valence-corrected chi connectivity index (χ2v) is 6.14. The third kappa shape index (κ3) is 2.37. The molecule has 0 N–H and O–H groups in total. The maximum absolute atomic E-state index is 13.1. The second kappa shape index (κ2) is 5.93. The van der Waals surface area contributed by atoms with Crippen molar-refractivity contribution >= 4 is 44.9 Å². The van der Waals surface area contributed by atoms with Crippen LogP contribution in [0, 0.1) is 0 Å². The van der Waals surface area contributed by atoms with E-state index < -0.39 is 0 Å². The lowest BCUT2D eigenvalue weighted by Crippen LogP contribution is -2.23. The van der Waals surface area contributed by atoms with Gasteiger partial charge in [-0.05, 0) is 35.0 Å². The van der Waals surface area contributed by atoms with E-state index >= 15 is 0 Å². The smallest absolute Gasteiger partial charge is 0.266 e. The molecule has 24 heavy (non-hydrogen) atoms. The van der Waals surface area contributed by atoms with Crippen molar-refractivity contribution in [1.82, 2.24) is 9.55 Å². The highest BCUT2D eigenvalue weighted by Gasteiger charge is 2.14. The van der Waals surface area contributed by atoms with E-state index in [1.54, 1.807) is 12.1 Å². The van der Waals surface area contributed by atoms with Crippen molar-refractivity contribution < 1.29 is 0 Å². The predicted molar refractivity (Wildman–Crippen MR) is 99.4 cm³/mol. The highest BCUT2D eigenvalue weighted by molar-refractivity contribution is 6.32. The number of benzene rings is 3. The molecule has 1 heterocycles. The minimum absolute atomic E-state index is 0.114. The third-order valence-electron chi connectivity index (χ3n) is 4.02. The molecule has 0 fully saturated rings. The molecular formula is C19H12Cl2N2O. The van der Waals surface area contributed by atoms with Gasteiger partial charge < -0.3 is 0 Å². The summed E-state index contributed by atoms with van der Waals surface area (Å²) in [6.45, 7) is 0. The molecule has 0 spiro atoms. The Labute approximate surface area is 148 Å². The number of aromatic nitrogens is 2. The summed E-state index contributed by atoms with van der Waals surface area (Å²) in [6.07, 6.45) is 0. The summed E-state index contributed by atoms with van der Waals surface area (Å²) in [5.74, 6) is 0.584. The van der Waals surface area contributed by atoms with Crippen molar-refractivity contribution in [2.45, 2.75) is 5.88 Å². The number of halogens is 2. The normalized spacial score (nSPS) is 11.2. The van der Waals surface area contributed by atoms with Gasteiger partial charge in [0.1, 0.15) is 5.82 Å². The van der Waals surface area contributed by atoms with Crippen molar-refractivity contribution in [2.75, 3.05) is 0 Å². The van der Waals surface area contributed by atoms with Gasteiger partial charge in [0.15, 0.2) is 0 Å². The summed E-state index contributed by atoms with van der Waals surface area (Å²) >= 11 is 12.3. The molecule has 0 radical (unpaired) electrons. The van der Waals surface area contributed by atoms with Crippen LogP contribution in [0.1, 0.15) is 5.82 Å². The Balaban J connectivity index is 2.14. The van der Waals surface area contributed by atoms with Crippen LogP contribution in [0.5, 0.6) is 0 Å². The molecule has 0 atom stereocenters. The van der Waals surface area contributed by atoms with E-state index in [1.165, 1.54) is 4.57 Å². The average Bonchev–Trinajstić information content (AvgIpc) is 2.61. The van der Waals surface area contributed by atoms with Crippen LogP contribution in [0.25, 0.3) is 27.4 Å². The number of para-hydroxylation sites is 1. The lowest BCUT2D eigenvalue weighted by atomic mass is 10.1. The van der Waals surface area contributed by atoms with Crippen molar-refractivity contribution in [1.29, 1.82) is 0 Å². The number of hydrogen-bond donors (Lipinski definition) is 0. The standard InChI is InChI=1S/C19H12Cl2N2O/c20-11-18-22-16-10-13-6-2-1-5-12(13)9-14(16)19(24)23(18)17-8-4-3-7-15(17)21/h1-10H,11H2. The van der Waals surface area contributed by atoms with E-state index in [0.29, 0.717) is 27.4 Å². The molecule has 118 valence electrons. The van der Waals surface area contributed by atoms with Crippen LogP contribution in [0.3, 0.4) is 0 Å². The first-order valence-corrected chi connectivity index (χ1v) is 8.35. The van der Waals surface area contributed by atoms with E-state index in [4.69, 9.17) is 23.2 Å². The SMILES string of the molecule is O=c1c2cc3ccccc3cc2nc(CCl)n1-c1ccccc1Cl. The number of hydrogen-bond acceptors (Lipinski definition) is 2. The van der Waals surface area contributed by atoms with Gasteiger partial charge in [-0.25, -0.2) is 4.98 Å². The second-order valence-electron chi connectivity index (χ2n) is 5.47. The fourth-order valence-corrected chi connectivity index (χ4v) is 3.29. The van der Waals surface area contributed by atoms with Crippen LogP contribution in [0.15, 0.2) is 65.5 Å². The Bertz CT molecular complexity index is 1140. The van der Waals surface area contributed by atoms with Crippen LogP contribution >= 0.6 is 23.2 Å². The van der Waals surface area contributed by atoms with Gasteiger partial charge in [-0.1, -0.05) is 48.0 Å². The summed E-state index contributed by atoms with van der Waals surface area (Å²) in [6, 6.07) is 18.8. The summed E-state index contributed by atoms with van der Waals surface area (Å²) in [7, 11) is 0. The van der Waals surface area contributed by atoms with Gasteiger partial charge in [0.05, 0.1) is 27.5 Å². The zero-order valence-corrected chi connectivity index (χ0v) is 14.1. The van der Waals surface area contributed by atoms with Gasteiger partial charge in [-0.15, -0.1) is 11.6 Å². The Hall–Kier alpha value is -2.36. The quantitative estimate of drug-likeness (QED) is 0.377. The first kappa shape index (κ1) is 15.2. The van der Waals surface area contributed by atoms with E-state index in [2.05, 4.69) is 4.98 Å². The van der Waals surface area contributed by atoms with Crippen LogP contribution in [-0.4, -0.2) is 9.55 Å². The molecule has 1 aromatic heterocycles. The lowest BCUT2D eigenvalue weighted by molar-refractivity contribution is 0.882. The molecule has 3 aromatic carbocycles. The largest absolute Gasteiger partial charge is 0.268 e. The fourth-order valence-electron chi connectivity index (χ4n) is 2.89. The Morgan fingerprint density at radius 1 is 0.958 bits per heavy atom. The van der Waals surface area contributed by atoms with Crippen molar-refractivity contribution in [3.63, 3.8) is 0 Å². The molecule has 0 amide bonds. The number of fused-ring (bicyclic) bond motifs is 2. The number of nitrogens with zero attached hydrogens (tertiary/aromatic N) is 2. The summed E-state index contributed by atoms with van der Waals surface area (Å²) < 4.78 is 1.49. The maximum Gasteiger partial charge on any atom is 0.266 e. The first-order valence-electron chi connectivity index (χ1n) is 7.44. The van der Waals surface area contributed by atoms with E-state index in [9.17, 15) is 4.79 Å². The Morgan fingerprint density at radius 3 is 2.33 bits per heavy atom. The van der Waals surface area contributed by atoms with E-state index in [-0.39, 0.29) is 11.4 Å². The van der Waals surface area contributed by atoms with Gasteiger partial charge in [-0.2, -0.15) is 0 Å². The average molecular weight is 355 g/mol. The topological polar surface area (TPSA) is 34.9 Å². The molecule has 3 nitrogen and oxygen atoms in total. The van der Waals surface area contributed by atoms with Gasteiger partial charge in [-0.3, -0.25) is 9.36 Å². The van der Waals surface area contributed by atoms with Crippen LogP contribution in [-0.2, 0) is 5.88 Å². The zero-order valence-electron chi connectivity index (χ0n) is 12.5. The van der Waals surface area contributed by atoms with Crippen LogP contribution in [0.2, 0.25) is 5.02 Å². The van der Waals surface area contributed by atoms with E-state index in [0.717, 1.165) is 10.8 Å². The summed E-state index contributed by atoms with van der Waals surface area (Å²) in [4.78, 5) is 17.7. The third-order valence-corrected chi connectivity index (χ3v) is 4.58. The lowest BCUT2D eigenvalue weighted by Gasteiger charge is -2.13. The molecule has 0 aliphatic carbocycles. The predicted octanol–water partition coefficient (Wildman–Crippen LogP) is 4.93. The number of alkyl halides is 1. The van der Waals surface area contributed by atoms with E-state index in [1.807, 2.05) is 48.5 Å². The molecule has 0 aliphatic rings. The van der Waals surface area contributed by atoms with Gasteiger partial charge >= 0.3 is 0 Å². The maximum atomic E-state index is 13.1. The van der Waals surface area contributed by atoms with Crippen LogP contribution < -0.4 is 5.56 Å². The molecule has 0 bridgehead atoms. The molecular weight excluding hydrogens is 343 g/mol. The molecule has 0 saturated carbocycles. The monoisotopic (exact) mass is 354 g/mol. The first-order chi connectivity index (χ1) is 11.7. The highest BCUT2D eigenvalue weighted by Crippen LogP contribution is 2.24. The molecule has 4 rings (SSSR count). The molecule has 0 unspecified atom stereocenters. The van der Waals surface area contributed by atoms with Crippen molar-refractivity contribution in [3.05, 3.63) is 81.9 Å². The van der Waals surface area contributed by atoms with Crippen molar-refractivity contribution in [2.24, 2.45) is 0 Å². The molecule has 4 aromatic rings. The molecule has 0 saturated heterocycles. The van der Waals surface area contributed by atoms with Crippen molar-refractivity contribution in [3.8, 4) is 5.69 Å². The number of rotatable bonds is 2. The van der Waals surface area contributed by atoms with Gasteiger partial charge in [0.2, 0.25) is 0 Å².